The average Bonchev–Trinajstić information content (AvgIpc) is 2.46. The minimum atomic E-state index is -0.341. The Hall–Kier alpha value is 0.200. The van der Waals surface area contributed by atoms with E-state index in [1.807, 2.05) is 20.8 Å². The lowest BCUT2D eigenvalue weighted by molar-refractivity contribution is -0.154. The van der Waals surface area contributed by atoms with Crippen LogP contribution in [0.5, 0.6) is 0 Å². The monoisotopic (exact) mass is 438 g/mol. The summed E-state index contributed by atoms with van der Waals surface area (Å²) in [6, 6.07) is 0. The van der Waals surface area contributed by atoms with E-state index >= 15 is 0 Å². The predicted molar refractivity (Wildman–Crippen MR) is 109 cm³/mol. The van der Waals surface area contributed by atoms with Crippen LogP contribution in [0.15, 0.2) is 0 Å². The first-order chi connectivity index (χ1) is 11.0. The molecule has 0 aliphatic heterocycles. The molecule has 0 bridgehead atoms. The van der Waals surface area contributed by atoms with E-state index in [-0.39, 0.29) is 11.6 Å². The predicted octanol–water partition coefficient (Wildman–Crippen LogP) is 7.22. The summed E-state index contributed by atoms with van der Waals surface area (Å²) >= 11 is 2.47. The summed E-state index contributed by atoms with van der Waals surface area (Å²) in [6.07, 6.45) is 18.0. The van der Waals surface area contributed by atoms with E-state index < -0.39 is 0 Å². The highest BCUT2D eigenvalue weighted by atomic mass is 127. The summed E-state index contributed by atoms with van der Waals surface area (Å²) in [6.45, 7) is 5.78. The second kappa shape index (κ2) is 15.7. The highest BCUT2D eigenvalue weighted by Crippen LogP contribution is 2.14. The third-order valence-electron chi connectivity index (χ3n) is 3.93. The van der Waals surface area contributed by atoms with Crippen molar-refractivity contribution in [1.29, 1.82) is 0 Å². The molecule has 0 rings (SSSR count). The third kappa shape index (κ3) is 20.2. The third-order valence-corrected chi connectivity index (χ3v) is 4.70. The molecule has 23 heavy (non-hydrogen) atoms. The molecule has 0 fully saturated rings. The van der Waals surface area contributed by atoms with E-state index in [0.29, 0.717) is 6.42 Å². The smallest absolute Gasteiger partial charge is 0.306 e. The van der Waals surface area contributed by atoms with Gasteiger partial charge in [0, 0.05) is 6.42 Å². The Bertz CT molecular complexity index is 271. The fourth-order valence-corrected chi connectivity index (χ4v) is 3.24. The second-order valence-electron chi connectivity index (χ2n) is 7.62. The first-order valence-corrected chi connectivity index (χ1v) is 11.3. The van der Waals surface area contributed by atoms with Crippen molar-refractivity contribution in [3.8, 4) is 0 Å². The number of unbranched alkanes of at least 4 members (excludes halogenated alkanes) is 12. The second-order valence-corrected chi connectivity index (χ2v) is 8.70. The Labute approximate surface area is 158 Å². The number of carbonyl (C=O) groups is 1. The molecule has 0 N–H and O–H groups in total. The van der Waals surface area contributed by atoms with Gasteiger partial charge < -0.3 is 4.74 Å². The minimum absolute atomic E-state index is 0.0454. The van der Waals surface area contributed by atoms with Gasteiger partial charge in [-0.25, -0.2) is 0 Å². The maximum Gasteiger partial charge on any atom is 0.306 e. The van der Waals surface area contributed by atoms with Gasteiger partial charge in [0.05, 0.1) is 0 Å². The van der Waals surface area contributed by atoms with Gasteiger partial charge in [0.25, 0.3) is 0 Å². The van der Waals surface area contributed by atoms with Crippen LogP contribution in [0.3, 0.4) is 0 Å². The zero-order valence-corrected chi connectivity index (χ0v) is 18.0. The Balaban J connectivity index is 3.15. The molecule has 0 aromatic heterocycles. The van der Waals surface area contributed by atoms with Gasteiger partial charge in [0.15, 0.2) is 0 Å². The molecule has 2 nitrogen and oxygen atoms in total. The van der Waals surface area contributed by atoms with Crippen molar-refractivity contribution >= 4 is 28.6 Å². The van der Waals surface area contributed by atoms with E-state index in [1.54, 1.807) is 0 Å². The van der Waals surface area contributed by atoms with E-state index in [4.69, 9.17) is 4.74 Å². The van der Waals surface area contributed by atoms with Crippen LogP contribution in [0.4, 0.5) is 0 Å². The minimum Gasteiger partial charge on any atom is -0.460 e. The molecule has 0 spiro atoms. The fourth-order valence-electron chi connectivity index (χ4n) is 2.70. The highest BCUT2D eigenvalue weighted by Gasteiger charge is 2.15. The van der Waals surface area contributed by atoms with Gasteiger partial charge in [-0.3, -0.25) is 4.79 Å². The van der Waals surface area contributed by atoms with E-state index in [0.717, 1.165) is 12.8 Å². The van der Waals surface area contributed by atoms with Crippen LogP contribution in [0, 0.1) is 0 Å². The van der Waals surface area contributed by atoms with Crippen LogP contribution in [-0.4, -0.2) is 16.0 Å². The number of hydrogen-bond donors (Lipinski definition) is 0. The fraction of sp³-hybridized carbons (Fsp3) is 0.950. The maximum atomic E-state index is 11.6. The quantitative estimate of drug-likeness (QED) is 0.117. The van der Waals surface area contributed by atoms with Gasteiger partial charge in [-0.15, -0.1) is 0 Å². The van der Waals surface area contributed by atoms with Crippen molar-refractivity contribution < 1.29 is 9.53 Å². The number of carbonyl (C=O) groups excluding carboxylic acids is 1. The summed E-state index contributed by atoms with van der Waals surface area (Å²) in [5, 5.41) is 0. The van der Waals surface area contributed by atoms with Crippen molar-refractivity contribution in [2.45, 2.75) is 116 Å². The topological polar surface area (TPSA) is 26.3 Å². The highest BCUT2D eigenvalue weighted by molar-refractivity contribution is 14.1. The van der Waals surface area contributed by atoms with Crippen molar-refractivity contribution in [2.75, 3.05) is 4.43 Å². The van der Waals surface area contributed by atoms with Crippen LogP contribution < -0.4 is 0 Å². The molecule has 0 unspecified atom stereocenters. The zero-order valence-electron chi connectivity index (χ0n) is 15.8. The lowest BCUT2D eigenvalue weighted by Crippen LogP contribution is -2.23. The molecule has 0 aromatic carbocycles. The Kier molecular flexibility index (Phi) is 15.8. The number of rotatable bonds is 15. The number of alkyl halides is 1. The van der Waals surface area contributed by atoms with E-state index in [9.17, 15) is 4.79 Å². The Morgan fingerprint density at radius 3 is 1.39 bits per heavy atom. The largest absolute Gasteiger partial charge is 0.460 e. The average molecular weight is 438 g/mol. The molecule has 138 valence electrons. The molecule has 0 aliphatic carbocycles. The SMILES string of the molecule is CC(C)(C)OC(=O)CCCCCCCCCCCCCCCI. The molecular formula is C20H39IO2. The van der Waals surface area contributed by atoms with Gasteiger partial charge in [-0.05, 0) is 38.0 Å². The normalized spacial score (nSPS) is 11.7. The molecule has 0 amide bonds. The lowest BCUT2D eigenvalue weighted by atomic mass is 10.0. The summed E-state index contributed by atoms with van der Waals surface area (Å²) in [5.41, 5.74) is -0.341. The molecule has 0 radical (unpaired) electrons. The van der Waals surface area contributed by atoms with Gasteiger partial charge in [0.2, 0.25) is 0 Å². The van der Waals surface area contributed by atoms with Crippen LogP contribution in [0.25, 0.3) is 0 Å². The van der Waals surface area contributed by atoms with Crippen molar-refractivity contribution in [2.24, 2.45) is 0 Å². The van der Waals surface area contributed by atoms with Crippen molar-refractivity contribution in [1.82, 2.24) is 0 Å². The van der Waals surface area contributed by atoms with Gasteiger partial charge in [-0.1, -0.05) is 93.2 Å². The van der Waals surface area contributed by atoms with Crippen LogP contribution >= 0.6 is 22.6 Å². The number of halogens is 1. The molecule has 0 heterocycles. The van der Waals surface area contributed by atoms with E-state index in [1.165, 1.54) is 75.1 Å². The molecule has 0 aromatic rings. The van der Waals surface area contributed by atoms with Crippen LogP contribution in [-0.2, 0) is 9.53 Å². The Morgan fingerprint density at radius 1 is 0.696 bits per heavy atom. The zero-order chi connectivity index (χ0) is 17.4. The summed E-state index contributed by atoms with van der Waals surface area (Å²) in [4.78, 5) is 11.6. The van der Waals surface area contributed by atoms with Gasteiger partial charge in [-0.2, -0.15) is 0 Å². The van der Waals surface area contributed by atoms with Crippen molar-refractivity contribution in [3.63, 3.8) is 0 Å². The summed E-state index contributed by atoms with van der Waals surface area (Å²) in [5.74, 6) is -0.0454. The molecule has 3 heteroatoms. The summed E-state index contributed by atoms with van der Waals surface area (Å²) < 4.78 is 6.63. The number of esters is 1. The Morgan fingerprint density at radius 2 is 1.04 bits per heavy atom. The first-order valence-electron chi connectivity index (χ1n) is 9.73. The van der Waals surface area contributed by atoms with Crippen LogP contribution in [0.2, 0.25) is 0 Å². The number of hydrogen-bond acceptors (Lipinski definition) is 2. The summed E-state index contributed by atoms with van der Waals surface area (Å²) in [7, 11) is 0. The lowest BCUT2D eigenvalue weighted by Gasteiger charge is -2.19. The molecule has 0 saturated heterocycles. The molecule has 0 atom stereocenters. The van der Waals surface area contributed by atoms with Crippen molar-refractivity contribution in [3.05, 3.63) is 0 Å². The maximum absolute atomic E-state index is 11.6. The van der Waals surface area contributed by atoms with Gasteiger partial charge >= 0.3 is 5.97 Å². The van der Waals surface area contributed by atoms with Crippen LogP contribution in [0.1, 0.15) is 111 Å². The molecular weight excluding hydrogens is 399 g/mol. The van der Waals surface area contributed by atoms with Gasteiger partial charge in [0.1, 0.15) is 5.60 Å². The first kappa shape index (κ1) is 23.2. The number of ether oxygens (including phenoxy) is 1. The molecule has 0 saturated carbocycles. The molecule has 0 aliphatic rings. The van der Waals surface area contributed by atoms with E-state index in [2.05, 4.69) is 22.6 Å². The standard InChI is InChI=1S/C20H39IO2/c1-20(2,3)23-19(22)17-15-13-11-9-7-5-4-6-8-10-12-14-16-18-21/h4-18H2,1-3H3.